The van der Waals surface area contributed by atoms with E-state index in [0.29, 0.717) is 6.42 Å². The minimum atomic E-state index is -0.766. The number of rotatable bonds is 5. The summed E-state index contributed by atoms with van der Waals surface area (Å²) in [5, 5.41) is 17.2. The number of benzene rings is 2. The van der Waals surface area contributed by atoms with Gasteiger partial charge in [-0.3, -0.25) is 10.0 Å². The van der Waals surface area contributed by atoms with Crippen LogP contribution in [0.5, 0.6) is 0 Å². The molecule has 1 heterocycles. The maximum atomic E-state index is 12.0. The predicted molar refractivity (Wildman–Crippen MR) is 83.8 cm³/mol. The smallest absolute Gasteiger partial charge is 0.272 e. The monoisotopic (exact) mass is 308 g/mol. The van der Waals surface area contributed by atoms with Gasteiger partial charge in [-0.15, -0.1) is 5.10 Å². The molecule has 2 aromatic carbocycles. The van der Waals surface area contributed by atoms with Crippen molar-refractivity contribution in [2.45, 2.75) is 12.5 Å². The van der Waals surface area contributed by atoms with E-state index in [1.165, 1.54) is 4.68 Å². The first-order valence-electron chi connectivity index (χ1n) is 7.21. The molecular formula is C17H16N4O2. The number of nitrogens with one attached hydrogen (secondary N) is 1. The molecule has 1 amide bonds. The van der Waals surface area contributed by atoms with Crippen molar-refractivity contribution in [3.63, 3.8) is 0 Å². The van der Waals surface area contributed by atoms with Crippen LogP contribution in [-0.4, -0.2) is 26.1 Å². The van der Waals surface area contributed by atoms with Crippen LogP contribution in [0, 0.1) is 0 Å². The minimum Gasteiger partial charge on any atom is -0.289 e. The molecule has 6 heteroatoms. The molecule has 0 saturated heterocycles. The molecule has 116 valence electrons. The van der Waals surface area contributed by atoms with E-state index in [4.69, 9.17) is 5.21 Å². The second-order valence-electron chi connectivity index (χ2n) is 5.14. The van der Waals surface area contributed by atoms with Gasteiger partial charge in [0.1, 0.15) is 0 Å². The van der Waals surface area contributed by atoms with Crippen molar-refractivity contribution in [3.8, 4) is 0 Å². The quantitative estimate of drug-likeness (QED) is 0.558. The van der Waals surface area contributed by atoms with Gasteiger partial charge in [-0.05, 0) is 11.1 Å². The van der Waals surface area contributed by atoms with E-state index < -0.39 is 11.9 Å². The number of hydrogen-bond acceptors (Lipinski definition) is 4. The van der Waals surface area contributed by atoms with Crippen LogP contribution in [0.1, 0.15) is 22.9 Å². The molecular weight excluding hydrogens is 292 g/mol. The first-order valence-corrected chi connectivity index (χ1v) is 7.21. The zero-order valence-corrected chi connectivity index (χ0v) is 12.3. The van der Waals surface area contributed by atoms with Crippen LogP contribution in [0.3, 0.4) is 0 Å². The normalized spacial score (nSPS) is 11.9. The van der Waals surface area contributed by atoms with Crippen molar-refractivity contribution in [3.05, 3.63) is 83.7 Å². The van der Waals surface area contributed by atoms with Gasteiger partial charge in [0, 0.05) is 6.42 Å². The zero-order chi connectivity index (χ0) is 16.1. The summed E-state index contributed by atoms with van der Waals surface area (Å²) in [5.41, 5.74) is 4.28. The van der Waals surface area contributed by atoms with E-state index in [1.54, 1.807) is 23.8 Å². The van der Waals surface area contributed by atoms with Gasteiger partial charge in [-0.2, -0.15) is 0 Å². The SMILES string of the molecule is O=C(NO)C(c1ccccc1)n1cc(Cc2ccccc2)nn1. The highest BCUT2D eigenvalue weighted by Gasteiger charge is 2.23. The Labute approximate surface area is 133 Å². The van der Waals surface area contributed by atoms with Crippen LogP contribution >= 0.6 is 0 Å². The third-order valence-electron chi connectivity index (χ3n) is 3.52. The fraction of sp³-hybridized carbons (Fsp3) is 0.118. The highest BCUT2D eigenvalue weighted by Crippen LogP contribution is 2.18. The highest BCUT2D eigenvalue weighted by atomic mass is 16.5. The molecule has 6 nitrogen and oxygen atoms in total. The zero-order valence-electron chi connectivity index (χ0n) is 12.3. The number of aromatic nitrogens is 3. The van der Waals surface area contributed by atoms with Crippen LogP contribution in [0.25, 0.3) is 0 Å². The number of carbonyl (C=O) groups excluding carboxylic acids is 1. The average Bonchev–Trinajstić information content (AvgIpc) is 3.05. The van der Waals surface area contributed by atoms with Gasteiger partial charge in [0.05, 0.1) is 11.9 Å². The molecule has 0 radical (unpaired) electrons. The van der Waals surface area contributed by atoms with E-state index in [2.05, 4.69) is 10.3 Å². The molecule has 1 unspecified atom stereocenters. The number of amides is 1. The summed E-state index contributed by atoms with van der Waals surface area (Å²) in [6.07, 6.45) is 2.35. The molecule has 3 rings (SSSR count). The van der Waals surface area contributed by atoms with Gasteiger partial charge in [0.15, 0.2) is 6.04 Å². The Hall–Kier alpha value is -2.99. The van der Waals surface area contributed by atoms with Crippen molar-refractivity contribution in [2.24, 2.45) is 0 Å². The molecule has 1 atom stereocenters. The maximum absolute atomic E-state index is 12.0. The molecule has 0 aliphatic heterocycles. The largest absolute Gasteiger partial charge is 0.289 e. The Balaban J connectivity index is 1.88. The van der Waals surface area contributed by atoms with Crippen molar-refractivity contribution >= 4 is 5.91 Å². The van der Waals surface area contributed by atoms with Crippen LogP contribution in [0.15, 0.2) is 66.9 Å². The van der Waals surface area contributed by atoms with Gasteiger partial charge in [-0.25, -0.2) is 10.2 Å². The molecule has 23 heavy (non-hydrogen) atoms. The third-order valence-corrected chi connectivity index (χ3v) is 3.52. The molecule has 0 aliphatic rings. The second kappa shape index (κ2) is 6.85. The number of hydrogen-bond donors (Lipinski definition) is 2. The fourth-order valence-corrected chi connectivity index (χ4v) is 2.45. The second-order valence-corrected chi connectivity index (χ2v) is 5.14. The predicted octanol–water partition coefficient (Wildman–Crippen LogP) is 1.96. The topological polar surface area (TPSA) is 80.0 Å². The van der Waals surface area contributed by atoms with Crippen LogP contribution in [0.2, 0.25) is 0 Å². The van der Waals surface area contributed by atoms with Crippen molar-refractivity contribution in [1.29, 1.82) is 0 Å². The highest BCUT2D eigenvalue weighted by molar-refractivity contribution is 5.82. The summed E-state index contributed by atoms with van der Waals surface area (Å²) in [6.45, 7) is 0. The summed E-state index contributed by atoms with van der Waals surface area (Å²) < 4.78 is 1.46. The number of nitrogens with zero attached hydrogens (tertiary/aromatic N) is 3. The van der Waals surface area contributed by atoms with E-state index >= 15 is 0 Å². The van der Waals surface area contributed by atoms with Crippen molar-refractivity contribution in [2.75, 3.05) is 0 Å². The molecule has 3 aromatic rings. The molecule has 0 fully saturated rings. The lowest BCUT2D eigenvalue weighted by Gasteiger charge is -2.14. The molecule has 0 bridgehead atoms. The Morgan fingerprint density at radius 1 is 1.09 bits per heavy atom. The Kier molecular flexibility index (Phi) is 4.44. The summed E-state index contributed by atoms with van der Waals surface area (Å²) >= 11 is 0. The Morgan fingerprint density at radius 2 is 1.74 bits per heavy atom. The average molecular weight is 308 g/mol. The number of hydroxylamine groups is 1. The van der Waals surface area contributed by atoms with Gasteiger partial charge >= 0.3 is 0 Å². The minimum absolute atomic E-state index is 0.563. The third kappa shape index (κ3) is 3.44. The van der Waals surface area contributed by atoms with Gasteiger partial charge in [0.2, 0.25) is 0 Å². The lowest BCUT2D eigenvalue weighted by Crippen LogP contribution is -2.31. The molecule has 0 spiro atoms. The van der Waals surface area contributed by atoms with Crippen molar-refractivity contribution in [1.82, 2.24) is 20.5 Å². The fourth-order valence-electron chi connectivity index (χ4n) is 2.45. The maximum Gasteiger partial charge on any atom is 0.272 e. The van der Waals surface area contributed by atoms with E-state index in [-0.39, 0.29) is 0 Å². The summed E-state index contributed by atoms with van der Waals surface area (Å²) in [6, 6.07) is 18.3. The van der Waals surface area contributed by atoms with Crippen LogP contribution in [-0.2, 0) is 11.2 Å². The van der Waals surface area contributed by atoms with E-state index in [0.717, 1.165) is 16.8 Å². The Morgan fingerprint density at radius 3 is 2.39 bits per heavy atom. The summed E-state index contributed by atoms with van der Waals surface area (Å²) in [5.74, 6) is -0.563. The lowest BCUT2D eigenvalue weighted by atomic mass is 10.1. The molecule has 0 saturated carbocycles. The van der Waals surface area contributed by atoms with Crippen LogP contribution in [0.4, 0.5) is 0 Å². The lowest BCUT2D eigenvalue weighted by molar-refractivity contribution is -0.131. The van der Waals surface area contributed by atoms with Gasteiger partial charge < -0.3 is 0 Å². The summed E-state index contributed by atoms with van der Waals surface area (Å²) in [7, 11) is 0. The van der Waals surface area contributed by atoms with Crippen molar-refractivity contribution < 1.29 is 10.0 Å². The van der Waals surface area contributed by atoms with E-state index in [1.807, 2.05) is 48.5 Å². The van der Waals surface area contributed by atoms with Gasteiger partial charge in [-0.1, -0.05) is 65.9 Å². The Bertz CT molecular complexity index is 772. The standard InChI is InChI=1S/C17H16N4O2/c22-17(19-23)16(14-9-5-2-6-10-14)21-12-15(18-20-21)11-13-7-3-1-4-8-13/h1-10,12,16,23H,11H2,(H,19,22). The molecule has 0 aliphatic carbocycles. The molecule has 1 aromatic heterocycles. The first kappa shape index (κ1) is 14.9. The van der Waals surface area contributed by atoms with E-state index in [9.17, 15) is 4.79 Å². The molecule has 2 N–H and O–H groups in total. The summed E-state index contributed by atoms with van der Waals surface area (Å²) in [4.78, 5) is 12.0. The van der Waals surface area contributed by atoms with Gasteiger partial charge in [0.25, 0.3) is 5.91 Å². The number of carbonyl (C=O) groups is 1. The first-order chi connectivity index (χ1) is 11.3. The van der Waals surface area contributed by atoms with Crippen LogP contribution < -0.4 is 5.48 Å².